The van der Waals surface area contributed by atoms with Gasteiger partial charge in [0.1, 0.15) is 0 Å². The number of anilines is 4. The van der Waals surface area contributed by atoms with Gasteiger partial charge in [0.25, 0.3) is 0 Å². The van der Waals surface area contributed by atoms with E-state index in [0.29, 0.717) is 0 Å². The van der Waals surface area contributed by atoms with Gasteiger partial charge in [-0.05, 0) is 188 Å². The Balaban J connectivity index is 0.772. The number of unbranched alkanes of at least 4 members (excludes halogenated alkanes) is 11. The molecule has 0 amide bonds. The lowest BCUT2D eigenvalue weighted by Gasteiger charge is -2.33. The van der Waals surface area contributed by atoms with E-state index in [4.69, 9.17) is 0 Å². The van der Waals surface area contributed by atoms with Crippen LogP contribution >= 0.6 is 0 Å². The molecule has 0 fully saturated rings. The molecule has 0 heterocycles. The number of hydrogen-bond acceptors (Lipinski definition) is 2. The number of benzene rings is 9. The van der Waals surface area contributed by atoms with Crippen LogP contribution in [-0.2, 0) is 31.1 Å². The largest absolute Gasteiger partial charge is 0.356 e. The zero-order valence-electron chi connectivity index (χ0n) is 45.0. The minimum Gasteiger partial charge on any atom is -0.356 e. The molecule has 0 saturated carbocycles. The van der Waals surface area contributed by atoms with E-state index in [1.54, 1.807) is 16.7 Å². The molecule has 11 rings (SSSR count). The van der Waals surface area contributed by atoms with Crippen LogP contribution in [0, 0.1) is 0 Å². The second kappa shape index (κ2) is 23.8. The third-order valence-corrected chi connectivity index (χ3v) is 17.1. The normalized spacial score (nSPS) is 13.1. The average molecular weight is 983 g/mol. The number of rotatable bonds is 25. The highest BCUT2D eigenvalue weighted by Gasteiger charge is 2.42. The van der Waals surface area contributed by atoms with Gasteiger partial charge in [-0.15, -0.1) is 0 Å². The second-order valence-electron chi connectivity index (χ2n) is 22.2. The molecule has 2 nitrogen and oxygen atoms in total. The van der Waals surface area contributed by atoms with Crippen molar-refractivity contribution in [3.63, 3.8) is 0 Å². The van der Waals surface area contributed by atoms with Crippen LogP contribution in [0.1, 0.15) is 150 Å². The van der Waals surface area contributed by atoms with Gasteiger partial charge < -0.3 is 10.6 Å². The van der Waals surface area contributed by atoms with Gasteiger partial charge in [0.05, 0.1) is 0 Å². The van der Waals surface area contributed by atoms with Crippen molar-refractivity contribution in [2.24, 2.45) is 0 Å². The summed E-state index contributed by atoms with van der Waals surface area (Å²) < 4.78 is 0. The van der Waals surface area contributed by atoms with Gasteiger partial charge in [-0.2, -0.15) is 0 Å². The molecule has 380 valence electrons. The topological polar surface area (TPSA) is 24.1 Å². The van der Waals surface area contributed by atoms with Crippen molar-refractivity contribution in [2.45, 2.75) is 148 Å². The van der Waals surface area contributed by atoms with Crippen LogP contribution in [0.4, 0.5) is 22.7 Å². The first-order valence-electron chi connectivity index (χ1n) is 29.2. The molecule has 2 aliphatic carbocycles. The summed E-state index contributed by atoms with van der Waals surface area (Å²) in [6.45, 7) is 4.65. The summed E-state index contributed by atoms with van der Waals surface area (Å²) in [6.07, 6.45) is 25.6. The number of nitrogens with one attached hydrogen (secondary N) is 2. The zero-order chi connectivity index (χ0) is 50.8. The SMILES string of the molecule is CCCCCCC1(CCCCCC)c2ccccc2-c2ccc(Nc3ccc(-c4c5ccccc5c(-c5ccc(Nc6cccc(CCCCCCCCc7ccc8c(c7)CC8)c6)cc5)c5ccccc45)cc3)cc21. The maximum absolute atomic E-state index is 3.88. The van der Waals surface area contributed by atoms with E-state index < -0.39 is 0 Å². The molecule has 0 unspecified atom stereocenters. The first kappa shape index (κ1) is 50.3. The van der Waals surface area contributed by atoms with E-state index in [1.165, 1.54) is 199 Å². The smallest absolute Gasteiger partial charge is 0.0387 e. The fourth-order valence-electron chi connectivity index (χ4n) is 13.0. The number of aryl methyl sites for hydroxylation is 4. The molecule has 0 bridgehead atoms. The monoisotopic (exact) mass is 983 g/mol. The molecule has 0 aromatic heterocycles. The molecule has 0 radical (unpaired) electrons. The second-order valence-corrected chi connectivity index (χ2v) is 22.2. The standard InChI is InChI=1S/C73H78N2/c1-3-5-7-21-48-73(49-22-8-6-4-2)69-33-20-19-28-63(69)64-47-46-62(52-70(64)73)75-60-44-40-57(41-45-60)72-67-31-17-15-29-65(67)71(66-30-16-18-32-68(66)72)56-38-42-59(43-39-56)74-61-27-23-26-53(51-61)24-13-11-9-10-12-14-25-54-34-35-55-36-37-58(55)50-54/h15-20,23,26-35,38-47,50-52,74-75H,3-14,21-22,24-25,36-37,48-49H2,1-2H3. The average Bonchev–Trinajstić information content (AvgIpc) is 3.73. The molecule has 9 aromatic rings. The lowest BCUT2D eigenvalue weighted by atomic mass is 9.70. The molecule has 0 spiro atoms. The van der Waals surface area contributed by atoms with E-state index in [9.17, 15) is 0 Å². The van der Waals surface area contributed by atoms with Crippen LogP contribution in [0.25, 0.3) is 54.9 Å². The van der Waals surface area contributed by atoms with Crippen LogP contribution in [0.3, 0.4) is 0 Å². The van der Waals surface area contributed by atoms with Crippen molar-refractivity contribution in [1.29, 1.82) is 0 Å². The summed E-state index contributed by atoms with van der Waals surface area (Å²) in [5.74, 6) is 0. The number of fused-ring (bicyclic) bond motifs is 6. The van der Waals surface area contributed by atoms with Crippen LogP contribution < -0.4 is 10.6 Å². The van der Waals surface area contributed by atoms with Gasteiger partial charge in [0.15, 0.2) is 0 Å². The van der Waals surface area contributed by atoms with Crippen LogP contribution in [-0.4, -0.2) is 0 Å². The van der Waals surface area contributed by atoms with E-state index in [-0.39, 0.29) is 5.41 Å². The van der Waals surface area contributed by atoms with Crippen molar-refractivity contribution in [3.05, 3.63) is 215 Å². The van der Waals surface area contributed by atoms with E-state index in [0.717, 1.165) is 23.5 Å². The zero-order valence-corrected chi connectivity index (χ0v) is 45.0. The van der Waals surface area contributed by atoms with Crippen molar-refractivity contribution in [3.8, 4) is 33.4 Å². The number of hydrogen-bond donors (Lipinski definition) is 2. The summed E-state index contributed by atoms with van der Waals surface area (Å²) in [7, 11) is 0. The third-order valence-electron chi connectivity index (χ3n) is 17.1. The van der Waals surface area contributed by atoms with Crippen molar-refractivity contribution in [2.75, 3.05) is 10.6 Å². The predicted molar refractivity (Wildman–Crippen MR) is 324 cm³/mol. The lowest BCUT2D eigenvalue weighted by Crippen LogP contribution is -2.25. The third kappa shape index (κ3) is 11.1. The Morgan fingerprint density at radius 3 is 1.37 bits per heavy atom. The molecular weight excluding hydrogens is 905 g/mol. The molecule has 2 heteroatoms. The Morgan fingerprint density at radius 2 is 0.827 bits per heavy atom. The van der Waals surface area contributed by atoms with Crippen LogP contribution in [0.5, 0.6) is 0 Å². The van der Waals surface area contributed by atoms with Gasteiger partial charge in [0.2, 0.25) is 0 Å². The van der Waals surface area contributed by atoms with Crippen molar-refractivity contribution in [1.82, 2.24) is 0 Å². The van der Waals surface area contributed by atoms with Crippen molar-refractivity contribution >= 4 is 44.3 Å². The summed E-state index contributed by atoms with van der Waals surface area (Å²) in [4.78, 5) is 0. The Bertz CT molecular complexity index is 3290. The van der Waals surface area contributed by atoms with Gasteiger partial charge in [-0.25, -0.2) is 0 Å². The summed E-state index contributed by atoms with van der Waals surface area (Å²) >= 11 is 0. The van der Waals surface area contributed by atoms with Gasteiger partial charge in [-0.1, -0.05) is 224 Å². The van der Waals surface area contributed by atoms with Crippen LogP contribution in [0.2, 0.25) is 0 Å². The molecule has 0 aliphatic heterocycles. The first-order chi connectivity index (χ1) is 37.1. The molecule has 0 saturated heterocycles. The first-order valence-corrected chi connectivity index (χ1v) is 29.2. The molecule has 9 aromatic carbocycles. The predicted octanol–water partition coefficient (Wildman–Crippen LogP) is 21.2. The van der Waals surface area contributed by atoms with Gasteiger partial charge in [0, 0.05) is 28.2 Å². The minimum atomic E-state index is 0.0673. The van der Waals surface area contributed by atoms with Crippen molar-refractivity contribution < 1.29 is 0 Å². The Hall–Kier alpha value is -6.90. The quantitative estimate of drug-likeness (QED) is 0.0440. The van der Waals surface area contributed by atoms with Crippen LogP contribution in [0.15, 0.2) is 182 Å². The maximum Gasteiger partial charge on any atom is 0.0387 e. The summed E-state index contributed by atoms with van der Waals surface area (Å²) in [6, 6.07) is 69.0. The molecule has 75 heavy (non-hydrogen) atoms. The highest BCUT2D eigenvalue weighted by Crippen LogP contribution is 2.55. The lowest BCUT2D eigenvalue weighted by molar-refractivity contribution is 0.401. The molecule has 2 N–H and O–H groups in total. The molecule has 2 aliphatic rings. The van der Waals surface area contributed by atoms with E-state index in [2.05, 4.69) is 206 Å². The molecular formula is C73H78N2. The van der Waals surface area contributed by atoms with Gasteiger partial charge >= 0.3 is 0 Å². The fourth-order valence-corrected chi connectivity index (χ4v) is 13.0. The fraction of sp³-hybridized carbons (Fsp3) is 0.315. The Morgan fingerprint density at radius 1 is 0.347 bits per heavy atom. The Kier molecular flexibility index (Phi) is 15.9. The minimum absolute atomic E-state index is 0.0673. The van der Waals surface area contributed by atoms with E-state index >= 15 is 0 Å². The van der Waals surface area contributed by atoms with E-state index in [1.807, 2.05) is 0 Å². The maximum atomic E-state index is 3.88. The summed E-state index contributed by atoms with van der Waals surface area (Å²) in [5.41, 5.74) is 21.7. The Labute approximate surface area is 449 Å². The highest BCUT2D eigenvalue weighted by molar-refractivity contribution is 6.21. The highest BCUT2D eigenvalue weighted by atomic mass is 14.9. The molecule has 0 atom stereocenters. The summed E-state index contributed by atoms with van der Waals surface area (Å²) in [5, 5.41) is 12.7. The van der Waals surface area contributed by atoms with Gasteiger partial charge in [-0.3, -0.25) is 0 Å².